The van der Waals surface area contributed by atoms with Crippen LogP contribution in [0, 0.1) is 5.82 Å². The average molecular weight is 304 g/mol. The van der Waals surface area contributed by atoms with Crippen LogP contribution in [0.15, 0.2) is 35.9 Å². The summed E-state index contributed by atoms with van der Waals surface area (Å²) in [5.74, 6) is -0.104. The summed E-state index contributed by atoms with van der Waals surface area (Å²) in [5.41, 5.74) is 1.53. The predicted octanol–water partition coefficient (Wildman–Crippen LogP) is 3.26. The number of carbonyl (C=O) groups excluding carboxylic acids is 1. The third-order valence-electron chi connectivity index (χ3n) is 4.14. The molecule has 1 amide bonds. The van der Waals surface area contributed by atoms with Crippen molar-refractivity contribution < 1.29 is 9.18 Å². The maximum atomic E-state index is 13.7. The lowest BCUT2D eigenvalue weighted by Gasteiger charge is -2.32. The molecule has 1 saturated heterocycles. The van der Waals surface area contributed by atoms with Gasteiger partial charge in [-0.1, -0.05) is 31.2 Å². The Balaban J connectivity index is 1.80. The minimum Gasteiger partial charge on any atom is -0.350 e. The van der Waals surface area contributed by atoms with Crippen LogP contribution in [0.1, 0.15) is 38.7 Å². The predicted molar refractivity (Wildman–Crippen MR) is 86.9 cm³/mol. The van der Waals surface area contributed by atoms with E-state index in [0.29, 0.717) is 6.54 Å². The number of rotatable bonds is 5. The molecule has 0 saturated carbocycles. The molecular weight excluding hydrogens is 279 g/mol. The number of likely N-dealkylation sites (tertiary alicyclic amines) is 1. The van der Waals surface area contributed by atoms with E-state index >= 15 is 0 Å². The molecule has 0 aliphatic carbocycles. The molecular formula is C18H25FN2O. The molecule has 0 radical (unpaired) electrons. The highest BCUT2D eigenvalue weighted by Crippen LogP contribution is 2.16. The summed E-state index contributed by atoms with van der Waals surface area (Å²) in [4.78, 5) is 14.2. The molecule has 4 heteroatoms. The van der Waals surface area contributed by atoms with Crippen LogP contribution in [0.3, 0.4) is 0 Å². The first kappa shape index (κ1) is 16.7. The fourth-order valence-corrected chi connectivity index (χ4v) is 2.80. The molecule has 3 nitrogen and oxygen atoms in total. The maximum Gasteiger partial charge on any atom is 0.246 e. The second-order valence-electron chi connectivity index (χ2n) is 5.91. The molecule has 1 fully saturated rings. The summed E-state index contributed by atoms with van der Waals surface area (Å²) in [6.45, 7) is 6.29. The lowest BCUT2D eigenvalue weighted by atomic mass is 10.0. The lowest BCUT2D eigenvalue weighted by molar-refractivity contribution is -0.118. The third kappa shape index (κ3) is 4.67. The second kappa shape index (κ2) is 8.08. The number of nitrogens with one attached hydrogen (secondary N) is 1. The van der Waals surface area contributed by atoms with Crippen LogP contribution in [0.4, 0.5) is 4.39 Å². The number of halogens is 1. The smallest absolute Gasteiger partial charge is 0.246 e. The van der Waals surface area contributed by atoms with Crippen molar-refractivity contribution in [1.29, 1.82) is 0 Å². The van der Waals surface area contributed by atoms with Gasteiger partial charge in [0.25, 0.3) is 0 Å². The zero-order valence-electron chi connectivity index (χ0n) is 13.4. The first-order chi connectivity index (χ1) is 10.6. The quantitative estimate of drug-likeness (QED) is 0.847. The molecule has 0 bridgehead atoms. The molecule has 120 valence electrons. The van der Waals surface area contributed by atoms with Crippen LogP contribution >= 0.6 is 0 Å². The number of amides is 1. The molecule has 1 N–H and O–H groups in total. The first-order valence-electron chi connectivity index (χ1n) is 8.03. The number of hydrogen-bond donors (Lipinski definition) is 1. The van der Waals surface area contributed by atoms with Crippen molar-refractivity contribution in [3.8, 4) is 0 Å². The van der Waals surface area contributed by atoms with E-state index in [0.717, 1.165) is 43.5 Å². The van der Waals surface area contributed by atoms with Gasteiger partial charge in [-0.25, -0.2) is 4.39 Å². The normalized spacial score (nSPS) is 17.5. The van der Waals surface area contributed by atoms with Crippen LogP contribution in [-0.2, 0) is 11.3 Å². The Hall–Kier alpha value is -1.68. The van der Waals surface area contributed by atoms with Gasteiger partial charge in [-0.05, 0) is 32.3 Å². The van der Waals surface area contributed by atoms with E-state index < -0.39 is 0 Å². The minimum atomic E-state index is -0.141. The molecule has 1 aliphatic rings. The van der Waals surface area contributed by atoms with Gasteiger partial charge in [-0.15, -0.1) is 0 Å². The van der Waals surface area contributed by atoms with Gasteiger partial charge in [0.05, 0.1) is 0 Å². The Morgan fingerprint density at radius 3 is 2.68 bits per heavy atom. The van der Waals surface area contributed by atoms with Crippen molar-refractivity contribution in [2.45, 2.75) is 45.7 Å². The maximum absolute atomic E-state index is 13.7. The summed E-state index contributed by atoms with van der Waals surface area (Å²) in [6.07, 6.45) is 4.65. The number of carbonyl (C=O) groups is 1. The van der Waals surface area contributed by atoms with Gasteiger partial charge in [-0.2, -0.15) is 0 Å². The molecule has 0 atom stereocenters. The summed E-state index contributed by atoms with van der Waals surface area (Å²) in [7, 11) is 0. The van der Waals surface area contributed by atoms with Crippen LogP contribution in [0.5, 0.6) is 0 Å². The Labute approximate surface area is 132 Å². The Kier molecular flexibility index (Phi) is 6.13. The van der Waals surface area contributed by atoms with Crippen molar-refractivity contribution in [1.82, 2.24) is 10.2 Å². The first-order valence-corrected chi connectivity index (χ1v) is 8.03. The fraction of sp³-hybridized carbons (Fsp3) is 0.500. The standard InChI is InChI=1S/C18H25FN2O/c1-3-6-14(2)18(22)20-16-9-11-21(12-10-16)13-15-7-4-5-8-17(15)19/h4-8,16H,3,9-13H2,1-2H3,(H,20,22)/b14-6-. The van der Waals surface area contributed by atoms with Gasteiger partial charge < -0.3 is 5.32 Å². The highest BCUT2D eigenvalue weighted by atomic mass is 19.1. The zero-order valence-corrected chi connectivity index (χ0v) is 13.4. The molecule has 1 heterocycles. The third-order valence-corrected chi connectivity index (χ3v) is 4.14. The highest BCUT2D eigenvalue weighted by Gasteiger charge is 2.21. The molecule has 1 aromatic rings. The van der Waals surface area contributed by atoms with E-state index in [2.05, 4.69) is 10.2 Å². The topological polar surface area (TPSA) is 32.3 Å². The number of piperidine rings is 1. The van der Waals surface area contributed by atoms with Crippen LogP contribution in [-0.4, -0.2) is 29.9 Å². The Morgan fingerprint density at radius 1 is 1.36 bits per heavy atom. The van der Waals surface area contributed by atoms with Gasteiger partial charge in [0, 0.05) is 36.8 Å². The molecule has 2 rings (SSSR count). The fourth-order valence-electron chi connectivity index (χ4n) is 2.80. The van der Waals surface area contributed by atoms with Crippen molar-refractivity contribution in [3.63, 3.8) is 0 Å². The Bertz CT molecular complexity index is 534. The largest absolute Gasteiger partial charge is 0.350 e. The number of allylic oxidation sites excluding steroid dienone is 1. The van der Waals surface area contributed by atoms with Gasteiger partial charge in [0.2, 0.25) is 5.91 Å². The number of benzene rings is 1. The summed E-state index contributed by atoms with van der Waals surface area (Å²) >= 11 is 0. The summed E-state index contributed by atoms with van der Waals surface area (Å²) in [6, 6.07) is 7.15. The molecule has 1 aromatic carbocycles. The van der Waals surface area contributed by atoms with Crippen LogP contribution in [0.2, 0.25) is 0 Å². The summed E-state index contributed by atoms with van der Waals surface area (Å²) in [5, 5.41) is 3.09. The second-order valence-corrected chi connectivity index (χ2v) is 5.91. The van der Waals surface area contributed by atoms with Crippen molar-refractivity contribution >= 4 is 5.91 Å². The van der Waals surface area contributed by atoms with Crippen LogP contribution < -0.4 is 5.32 Å². The summed E-state index contributed by atoms with van der Waals surface area (Å²) < 4.78 is 13.7. The van der Waals surface area contributed by atoms with Crippen molar-refractivity contribution in [2.75, 3.05) is 13.1 Å². The zero-order chi connectivity index (χ0) is 15.9. The molecule has 22 heavy (non-hydrogen) atoms. The van der Waals surface area contributed by atoms with Gasteiger partial charge in [0.1, 0.15) is 5.82 Å². The monoisotopic (exact) mass is 304 g/mol. The van der Waals surface area contributed by atoms with E-state index in [9.17, 15) is 9.18 Å². The number of hydrogen-bond acceptors (Lipinski definition) is 2. The molecule has 0 spiro atoms. The average Bonchev–Trinajstić information content (AvgIpc) is 2.51. The minimum absolute atomic E-state index is 0.0365. The SMILES string of the molecule is CC/C=C(/C)C(=O)NC1CCN(Cc2ccccc2F)CC1. The van der Waals surface area contributed by atoms with E-state index in [4.69, 9.17) is 0 Å². The Morgan fingerprint density at radius 2 is 2.05 bits per heavy atom. The number of nitrogens with zero attached hydrogens (tertiary/aromatic N) is 1. The molecule has 1 aliphatic heterocycles. The van der Waals surface area contributed by atoms with E-state index in [1.807, 2.05) is 32.1 Å². The van der Waals surface area contributed by atoms with Crippen molar-refractivity contribution in [2.24, 2.45) is 0 Å². The van der Waals surface area contributed by atoms with Crippen LogP contribution in [0.25, 0.3) is 0 Å². The van der Waals surface area contributed by atoms with Gasteiger partial charge in [0.15, 0.2) is 0 Å². The highest BCUT2D eigenvalue weighted by molar-refractivity contribution is 5.92. The van der Waals surface area contributed by atoms with Gasteiger partial charge >= 0.3 is 0 Å². The van der Waals surface area contributed by atoms with E-state index in [-0.39, 0.29) is 17.8 Å². The van der Waals surface area contributed by atoms with E-state index in [1.165, 1.54) is 6.07 Å². The molecule has 0 aromatic heterocycles. The lowest BCUT2D eigenvalue weighted by Crippen LogP contribution is -2.44. The van der Waals surface area contributed by atoms with Crippen molar-refractivity contribution in [3.05, 3.63) is 47.3 Å². The molecule has 0 unspecified atom stereocenters. The van der Waals surface area contributed by atoms with Gasteiger partial charge in [-0.3, -0.25) is 9.69 Å². The van der Waals surface area contributed by atoms with E-state index in [1.54, 1.807) is 6.07 Å².